The van der Waals surface area contributed by atoms with E-state index in [4.69, 9.17) is 11.5 Å². The van der Waals surface area contributed by atoms with Crippen LogP contribution < -0.4 is 16.8 Å². The van der Waals surface area contributed by atoms with Gasteiger partial charge in [0.2, 0.25) is 0 Å². The molecule has 8 nitrogen and oxygen atoms in total. The first-order valence-corrected chi connectivity index (χ1v) is 4.69. The molecule has 0 spiro atoms. The Morgan fingerprint density at radius 2 is 2.33 bits per heavy atom. The SMILES string of the molecule is CCCCC(N)(N)C(=O)Nc1nn[nH]n1. The summed E-state index contributed by atoms with van der Waals surface area (Å²) < 4.78 is 0. The van der Waals surface area contributed by atoms with Crippen LogP contribution in [0.1, 0.15) is 26.2 Å². The predicted octanol–water partition coefficient (Wildman–Crippen LogP) is -1.06. The minimum Gasteiger partial charge on any atom is -0.306 e. The van der Waals surface area contributed by atoms with Gasteiger partial charge in [-0.1, -0.05) is 24.9 Å². The van der Waals surface area contributed by atoms with Gasteiger partial charge in [-0.25, -0.2) is 0 Å². The monoisotopic (exact) mass is 213 g/mol. The maximum Gasteiger partial charge on any atom is 0.269 e. The summed E-state index contributed by atoms with van der Waals surface area (Å²) in [6.07, 6.45) is 2.12. The predicted molar refractivity (Wildman–Crippen MR) is 53.4 cm³/mol. The molecule has 15 heavy (non-hydrogen) atoms. The zero-order chi connectivity index (χ0) is 11.3. The Labute approximate surface area is 86.8 Å². The molecule has 0 saturated carbocycles. The van der Waals surface area contributed by atoms with E-state index in [2.05, 4.69) is 25.9 Å². The molecular weight excluding hydrogens is 198 g/mol. The number of nitrogens with two attached hydrogens (primary N) is 2. The summed E-state index contributed by atoms with van der Waals surface area (Å²) in [5, 5.41) is 15.0. The quantitative estimate of drug-likeness (QED) is 0.460. The smallest absolute Gasteiger partial charge is 0.269 e. The Bertz CT molecular complexity index is 307. The molecule has 1 amide bonds. The van der Waals surface area contributed by atoms with E-state index in [1.807, 2.05) is 6.92 Å². The number of nitrogens with zero attached hydrogens (tertiary/aromatic N) is 3. The third-order valence-electron chi connectivity index (χ3n) is 1.94. The zero-order valence-corrected chi connectivity index (χ0v) is 8.53. The van der Waals surface area contributed by atoms with Crippen LogP contribution in [0.4, 0.5) is 5.95 Å². The van der Waals surface area contributed by atoms with Crippen molar-refractivity contribution in [2.75, 3.05) is 5.32 Å². The lowest BCUT2D eigenvalue weighted by atomic mass is 10.0. The van der Waals surface area contributed by atoms with Crippen LogP contribution in [-0.4, -0.2) is 32.2 Å². The normalized spacial score (nSPS) is 11.4. The molecule has 0 radical (unpaired) electrons. The number of nitrogens with one attached hydrogen (secondary N) is 2. The first kappa shape index (κ1) is 11.5. The number of aromatic nitrogens is 4. The highest BCUT2D eigenvalue weighted by Gasteiger charge is 2.29. The molecule has 1 aromatic heterocycles. The molecule has 1 heterocycles. The second-order valence-corrected chi connectivity index (χ2v) is 3.33. The Kier molecular flexibility index (Phi) is 3.69. The van der Waals surface area contributed by atoms with Gasteiger partial charge in [0.05, 0.1) is 0 Å². The highest BCUT2D eigenvalue weighted by molar-refractivity contribution is 5.95. The molecule has 0 saturated heterocycles. The third-order valence-corrected chi connectivity index (χ3v) is 1.94. The number of carbonyl (C=O) groups is 1. The van der Waals surface area contributed by atoms with Crippen LogP contribution in [0.5, 0.6) is 0 Å². The van der Waals surface area contributed by atoms with Crippen LogP contribution in [0.2, 0.25) is 0 Å². The van der Waals surface area contributed by atoms with Gasteiger partial charge < -0.3 is 11.5 Å². The number of tetrazole rings is 1. The van der Waals surface area contributed by atoms with Crippen molar-refractivity contribution in [2.45, 2.75) is 31.8 Å². The van der Waals surface area contributed by atoms with Gasteiger partial charge in [-0.15, -0.1) is 5.10 Å². The minimum atomic E-state index is -1.39. The van der Waals surface area contributed by atoms with Gasteiger partial charge in [0.15, 0.2) is 0 Å². The number of aromatic amines is 1. The van der Waals surface area contributed by atoms with Crippen molar-refractivity contribution in [3.63, 3.8) is 0 Å². The molecule has 8 heteroatoms. The molecule has 1 aromatic rings. The topological polar surface area (TPSA) is 136 Å². The second-order valence-electron chi connectivity index (χ2n) is 3.33. The Hall–Kier alpha value is -1.54. The molecule has 1 rings (SSSR count). The number of hydrogen-bond donors (Lipinski definition) is 4. The molecule has 0 aromatic carbocycles. The number of hydrogen-bond acceptors (Lipinski definition) is 6. The van der Waals surface area contributed by atoms with Gasteiger partial charge in [-0.05, 0) is 11.6 Å². The van der Waals surface area contributed by atoms with Crippen LogP contribution in [0.3, 0.4) is 0 Å². The van der Waals surface area contributed by atoms with Gasteiger partial charge in [0, 0.05) is 0 Å². The van der Waals surface area contributed by atoms with Crippen molar-refractivity contribution < 1.29 is 4.79 Å². The lowest BCUT2D eigenvalue weighted by Crippen LogP contribution is -2.58. The molecular formula is C7H15N7O. The molecule has 6 N–H and O–H groups in total. The maximum absolute atomic E-state index is 11.6. The fourth-order valence-corrected chi connectivity index (χ4v) is 1.02. The van der Waals surface area contributed by atoms with E-state index in [9.17, 15) is 4.79 Å². The average molecular weight is 213 g/mol. The van der Waals surface area contributed by atoms with E-state index in [1.165, 1.54) is 0 Å². The summed E-state index contributed by atoms with van der Waals surface area (Å²) in [7, 11) is 0. The fraction of sp³-hybridized carbons (Fsp3) is 0.714. The molecule has 0 unspecified atom stereocenters. The Balaban J connectivity index is 2.52. The molecule has 0 fully saturated rings. The molecule has 0 atom stereocenters. The van der Waals surface area contributed by atoms with Crippen LogP contribution in [0, 0.1) is 0 Å². The van der Waals surface area contributed by atoms with E-state index >= 15 is 0 Å². The lowest BCUT2D eigenvalue weighted by Gasteiger charge is -2.21. The lowest BCUT2D eigenvalue weighted by molar-refractivity contribution is -0.121. The summed E-state index contributed by atoms with van der Waals surface area (Å²) in [5.74, 6) is -0.450. The highest BCUT2D eigenvalue weighted by atomic mass is 16.2. The van der Waals surface area contributed by atoms with Crippen LogP contribution in [0.15, 0.2) is 0 Å². The molecule has 0 aliphatic carbocycles. The van der Waals surface area contributed by atoms with Crippen molar-refractivity contribution in [3.8, 4) is 0 Å². The van der Waals surface area contributed by atoms with Gasteiger partial charge in [-0.3, -0.25) is 10.1 Å². The van der Waals surface area contributed by atoms with E-state index in [-0.39, 0.29) is 5.95 Å². The largest absolute Gasteiger partial charge is 0.306 e. The van der Waals surface area contributed by atoms with E-state index in [0.29, 0.717) is 6.42 Å². The van der Waals surface area contributed by atoms with Crippen molar-refractivity contribution >= 4 is 11.9 Å². The number of rotatable bonds is 5. The standard InChI is InChI=1S/C7H15N7O/c1-2-3-4-7(8,9)5(15)10-6-11-13-14-12-6/h2-4,8-9H2,1H3,(H2,10,11,12,13,14,15). The van der Waals surface area contributed by atoms with Gasteiger partial charge in [-0.2, -0.15) is 5.21 Å². The van der Waals surface area contributed by atoms with E-state index in [1.54, 1.807) is 0 Å². The molecule has 0 bridgehead atoms. The first-order valence-electron chi connectivity index (χ1n) is 4.69. The second kappa shape index (κ2) is 4.80. The van der Waals surface area contributed by atoms with Crippen molar-refractivity contribution in [2.24, 2.45) is 11.5 Å². The van der Waals surface area contributed by atoms with E-state index in [0.717, 1.165) is 12.8 Å². The third kappa shape index (κ3) is 3.26. The maximum atomic E-state index is 11.6. The van der Waals surface area contributed by atoms with Gasteiger partial charge in [0.25, 0.3) is 11.9 Å². The number of amides is 1. The van der Waals surface area contributed by atoms with E-state index < -0.39 is 11.6 Å². The fourth-order valence-electron chi connectivity index (χ4n) is 1.02. The molecule has 84 valence electrons. The Morgan fingerprint density at radius 1 is 1.60 bits per heavy atom. The number of anilines is 1. The van der Waals surface area contributed by atoms with Crippen LogP contribution in [0.25, 0.3) is 0 Å². The van der Waals surface area contributed by atoms with Crippen molar-refractivity contribution in [1.82, 2.24) is 20.6 Å². The number of carbonyl (C=O) groups excluding carboxylic acids is 1. The summed E-state index contributed by atoms with van der Waals surface area (Å²) in [5.41, 5.74) is 9.89. The number of unbranched alkanes of at least 4 members (excludes halogenated alkanes) is 1. The Morgan fingerprint density at radius 3 is 2.87 bits per heavy atom. The number of H-pyrrole nitrogens is 1. The average Bonchev–Trinajstić information content (AvgIpc) is 2.67. The van der Waals surface area contributed by atoms with Gasteiger partial charge >= 0.3 is 0 Å². The molecule has 0 aliphatic rings. The highest BCUT2D eigenvalue weighted by Crippen LogP contribution is 2.07. The molecule has 0 aliphatic heterocycles. The van der Waals surface area contributed by atoms with Crippen LogP contribution >= 0.6 is 0 Å². The summed E-state index contributed by atoms with van der Waals surface area (Å²) >= 11 is 0. The summed E-state index contributed by atoms with van der Waals surface area (Å²) in [6, 6.07) is 0. The van der Waals surface area contributed by atoms with Crippen LogP contribution in [-0.2, 0) is 4.79 Å². The minimum absolute atomic E-state index is 0.0665. The summed E-state index contributed by atoms with van der Waals surface area (Å²) in [4.78, 5) is 11.6. The zero-order valence-electron chi connectivity index (χ0n) is 8.53. The summed E-state index contributed by atoms with van der Waals surface area (Å²) in [6.45, 7) is 1.99. The first-order chi connectivity index (χ1) is 7.06. The van der Waals surface area contributed by atoms with Crippen molar-refractivity contribution in [3.05, 3.63) is 0 Å². The van der Waals surface area contributed by atoms with Gasteiger partial charge in [0.1, 0.15) is 5.66 Å². The van der Waals surface area contributed by atoms with Crippen molar-refractivity contribution in [1.29, 1.82) is 0 Å².